The first kappa shape index (κ1) is 33.0. The van der Waals surface area contributed by atoms with Gasteiger partial charge >= 0.3 is 0 Å². The number of aromatic nitrogens is 2. The van der Waals surface area contributed by atoms with Gasteiger partial charge in [0, 0.05) is 29.5 Å². The van der Waals surface area contributed by atoms with Gasteiger partial charge in [0.1, 0.15) is 0 Å². The van der Waals surface area contributed by atoms with Crippen LogP contribution < -0.4 is 4.90 Å². The molecule has 11 rings (SSSR count). The fourth-order valence-electron chi connectivity index (χ4n) is 9.89. The molecular weight excluding hydrogens is 691 g/mol. The molecule has 0 N–H and O–H groups in total. The van der Waals surface area contributed by atoms with E-state index in [-0.39, 0.29) is 0 Å². The van der Waals surface area contributed by atoms with Gasteiger partial charge in [0.05, 0.1) is 22.2 Å². The average molecular weight is 728 g/mol. The zero-order valence-corrected chi connectivity index (χ0v) is 31.2. The Labute approximate surface area is 333 Å². The minimum Gasteiger partial charge on any atom is -0.310 e. The van der Waals surface area contributed by atoms with Gasteiger partial charge in [-0.15, -0.1) is 0 Å². The molecule has 0 fully saturated rings. The molecule has 0 saturated heterocycles. The molecule has 9 aromatic rings. The van der Waals surface area contributed by atoms with Gasteiger partial charge in [0.2, 0.25) is 0 Å². The summed E-state index contributed by atoms with van der Waals surface area (Å²) in [5.74, 6) is 0. The standard InChI is InChI=1S/C54H37N3/c1-2-20-40(21-3-1)57(41-22-16-18-38(36-41)53(51-32-12-14-34-55-51)47-28-8-4-24-43(47)44-25-5-9-29-48(44)53)42-23-17-19-39(37-42)54(52-33-13-15-35-56-52)49-30-10-6-26-45(49)46-27-7-11-31-50(46)54/h1-37H. The summed E-state index contributed by atoms with van der Waals surface area (Å²) in [7, 11) is 0. The molecule has 7 aromatic carbocycles. The maximum atomic E-state index is 5.11. The lowest BCUT2D eigenvalue weighted by atomic mass is 9.69. The SMILES string of the molecule is c1ccc(N(c2cccc(C3(c4ccccn4)c4ccccc4-c4ccccc43)c2)c2cccc(C3(c4ccccn4)c4ccccc4-c4ccccc43)c2)cc1. The average Bonchev–Trinajstić information content (AvgIpc) is 3.77. The van der Waals surface area contributed by atoms with Crippen LogP contribution in [-0.4, -0.2) is 9.97 Å². The van der Waals surface area contributed by atoms with Crippen molar-refractivity contribution < 1.29 is 0 Å². The van der Waals surface area contributed by atoms with Crippen LogP contribution in [0, 0.1) is 0 Å². The van der Waals surface area contributed by atoms with Crippen LogP contribution in [0.4, 0.5) is 17.1 Å². The van der Waals surface area contributed by atoms with Gasteiger partial charge in [-0.2, -0.15) is 0 Å². The van der Waals surface area contributed by atoms with Gasteiger partial charge in [0.15, 0.2) is 0 Å². The van der Waals surface area contributed by atoms with Crippen LogP contribution in [0.25, 0.3) is 22.3 Å². The third-order valence-corrected chi connectivity index (χ3v) is 12.1. The summed E-state index contributed by atoms with van der Waals surface area (Å²) in [5.41, 5.74) is 16.2. The molecule has 57 heavy (non-hydrogen) atoms. The highest BCUT2D eigenvalue weighted by Gasteiger charge is 2.48. The number of para-hydroxylation sites is 1. The number of pyridine rings is 2. The molecule has 3 heteroatoms. The van der Waals surface area contributed by atoms with Crippen molar-refractivity contribution >= 4 is 17.1 Å². The molecule has 0 saturated carbocycles. The highest BCUT2D eigenvalue weighted by Crippen LogP contribution is 2.58. The summed E-state index contributed by atoms with van der Waals surface area (Å²) < 4.78 is 0. The highest BCUT2D eigenvalue weighted by molar-refractivity contribution is 5.88. The fourth-order valence-corrected chi connectivity index (χ4v) is 9.89. The Bertz CT molecular complexity index is 2650. The molecular formula is C54H37N3. The number of anilines is 3. The summed E-state index contributed by atoms with van der Waals surface area (Å²) in [6.45, 7) is 0. The summed E-state index contributed by atoms with van der Waals surface area (Å²) >= 11 is 0. The minimum atomic E-state index is -0.616. The Hall–Kier alpha value is -7.36. The second kappa shape index (κ2) is 13.1. The third kappa shape index (κ3) is 4.79. The molecule has 2 heterocycles. The summed E-state index contributed by atoms with van der Waals surface area (Å²) in [4.78, 5) is 12.6. The smallest absolute Gasteiger partial charge is 0.0886 e. The third-order valence-electron chi connectivity index (χ3n) is 12.1. The van der Waals surface area contributed by atoms with Gasteiger partial charge in [-0.1, -0.05) is 152 Å². The number of nitrogens with zero attached hydrogens (tertiary/aromatic N) is 3. The zero-order chi connectivity index (χ0) is 37.8. The van der Waals surface area contributed by atoms with Crippen molar-refractivity contribution in [1.82, 2.24) is 9.97 Å². The summed E-state index contributed by atoms with van der Waals surface area (Å²) in [6.07, 6.45) is 3.84. The molecule has 2 aromatic heterocycles. The van der Waals surface area contributed by atoms with Crippen LogP contribution in [0.15, 0.2) is 225 Å². The number of benzene rings is 7. The van der Waals surface area contributed by atoms with E-state index in [4.69, 9.17) is 9.97 Å². The lowest BCUT2D eigenvalue weighted by Gasteiger charge is -2.35. The van der Waals surface area contributed by atoms with Crippen LogP contribution in [0.3, 0.4) is 0 Å². The van der Waals surface area contributed by atoms with Gasteiger partial charge in [0.25, 0.3) is 0 Å². The highest BCUT2D eigenvalue weighted by atomic mass is 15.1. The van der Waals surface area contributed by atoms with Crippen LogP contribution in [-0.2, 0) is 10.8 Å². The Morgan fingerprint density at radius 1 is 0.298 bits per heavy atom. The Kier molecular flexibility index (Phi) is 7.61. The first-order valence-corrected chi connectivity index (χ1v) is 19.6. The zero-order valence-electron chi connectivity index (χ0n) is 31.2. The molecule has 268 valence electrons. The van der Waals surface area contributed by atoms with Crippen molar-refractivity contribution in [2.24, 2.45) is 0 Å². The van der Waals surface area contributed by atoms with Crippen molar-refractivity contribution in [3.8, 4) is 22.3 Å². The number of fused-ring (bicyclic) bond motifs is 6. The van der Waals surface area contributed by atoms with Crippen LogP contribution in [0.1, 0.15) is 44.8 Å². The summed E-state index contributed by atoms with van der Waals surface area (Å²) in [6, 6.07) is 76.8. The molecule has 3 nitrogen and oxygen atoms in total. The minimum absolute atomic E-state index is 0.616. The van der Waals surface area contributed by atoms with Gasteiger partial charge in [-0.3, -0.25) is 9.97 Å². The Balaban J connectivity index is 1.16. The number of hydrogen-bond donors (Lipinski definition) is 0. The van der Waals surface area contributed by atoms with Crippen molar-refractivity contribution in [2.75, 3.05) is 4.90 Å². The Morgan fingerprint density at radius 2 is 0.649 bits per heavy atom. The van der Waals surface area contributed by atoms with Crippen LogP contribution in [0.5, 0.6) is 0 Å². The topological polar surface area (TPSA) is 29.0 Å². The largest absolute Gasteiger partial charge is 0.310 e. The molecule has 0 bridgehead atoms. The molecule has 0 amide bonds. The van der Waals surface area contributed by atoms with E-state index in [1.54, 1.807) is 0 Å². The predicted octanol–water partition coefficient (Wildman–Crippen LogP) is 12.7. The van der Waals surface area contributed by atoms with Crippen molar-refractivity contribution in [1.29, 1.82) is 0 Å². The van der Waals surface area contributed by atoms with E-state index in [2.05, 4.69) is 205 Å². The second-order valence-electron chi connectivity index (χ2n) is 14.9. The predicted molar refractivity (Wildman–Crippen MR) is 231 cm³/mol. The second-order valence-corrected chi connectivity index (χ2v) is 14.9. The van der Waals surface area contributed by atoms with E-state index in [0.717, 1.165) is 39.6 Å². The van der Waals surface area contributed by atoms with E-state index >= 15 is 0 Å². The van der Waals surface area contributed by atoms with Gasteiger partial charge < -0.3 is 4.90 Å². The fraction of sp³-hybridized carbons (Fsp3) is 0.0370. The van der Waals surface area contributed by atoms with E-state index in [1.807, 2.05) is 24.5 Å². The van der Waals surface area contributed by atoms with Crippen molar-refractivity contribution in [2.45, 2.75) is 10.8 Å². The van der Waals surface area contributed by atoms with Crippen molar-refractivity contribution in [3.63, 3.8) is 0 Å². The first-order chi connectivity index (χ1) is 28.3. The number of hydrogen-bond acceptors (Lipinski definition) is 3. The van der Waals surface area contributed by atoms with E-state index < -0.39 is 10.8 Å². The lowest BCUT2D eigenvalue weighted by molar-refractivity contribution is 0.734. The maximum absolute atomic E-state index is 5.11. The molecule has 0 aliphatic heterocycles. The van der Waals surface area contributed by atoms with Crippen LogP contribution in [0.2, 0.25) is 0 Å². The molecule has 0 atom stereocenters. The Morgan fingerprint density at radius 3 is 1.04 bits per heavy atom. The molecule has 2 aliphatic rings. The molecule has 0 spiro atoms. The monoisotopic (exact) mass is 727 g/mol. The normalized spacial score (nSPS) is 13.9. The van der Waals surface area contributed by atoms with Crippen LogP contribution >= 0.6 is 0 Å². The van der Waals surface area contributed by atoms with E-state index in [9.17, 15) is 0 Å². The first-order valence-electron chi connectivity index (χ1n) is 19.6. The molecule has 0 unspecified atom stereocenters. The number of rotatable bonds is 7. The van der Waals surface area contributed by atoms with Gasteiger partial charge in [-0.25, -0.2) is 0 Å². The molecule has 0 radical (unpaired) electrons. The van der Waals surface area contributed by atoms with E-state index in [1.165, 1.54) is 44.5 Å². The lowest BCUT2D eigenvalue weighted by Crippen LogP contribution is -2.30. The van der Waals surface area contributed by atoms with Crippen molar-refractivity contribution in [3.05, 3.63) is 269 Å². The van der Waals surface area contributed by atoms with Gasteiger partial charge in [-0.05, 0) is 116 Å². The molecule has 2 aliphatic carbocycles. The summed E-state index contributed by atoms with van der Waals surface area (Å²) in [5, 5.41) is 0. The quantitative estimate of drug-likeness (QED) is 0.164. The van der Waals surface area contributed by atoms with E-state index in [0.29, 0.717) is 0 Å². The maximum Gasteiger partial charge on any atom is 0.0886 e.